The summed E-state index contributed by atoms with van der Waals surface area (Å²) in [7, 11) is 0. The number of rotatable bonds is 4. The van der Waals surface area contributed by atoms with Crippen LogP contribution in [0.5, 0.6) is 0 Å². The number of fused-ring (bicyclic) bond motifs is 2. The van der Waals surface area contributed by atoms with Crippen molar-refractivity contribution in [3.05, 3.63) is 110 Å². The Morgan fingerprint density at radius 1 is 0.969 bits per heavy atom. The van der Waals surface area contributed by atoms with Crippen molar-refractivity contribution in [2.45, 2.75) is 17.8 Å². The fourth-order valence-electron chi connectivity index (χ4n) is 3.52. The fourth-order valence-corrected chi connectivity index (χ4v) is 4.61. The molecule has 0 fully saturated rings. The van der Waals surface area contributed by atoms with E-state index in [1.807, 2.05) is 43.3 Å². The number of aromatic nitrogens is 4. The third-order valence-electron chi connectivity index (χ3n) is 5.02. The SMILES string of the molecule is Cc1ccc2nc(CSc3nc4ccccc4c(=O)n3-c3cccc(Cl)c3)cc(=O)n2c1. The van der Waals surface area contributed by atoms with Crippen molar-refractivity contribution in [1.82, 2.24) is 18.9 Å². The third kappa shape index (κ3) is 3.81. The van der Waals surface area contributed by atoms with Gasteiger partial charge in [-0.1, -0.05) is 47.6 Å². The van der Waals surface area contributed by atoms with Crippen LogP contribution in [0.25, 0.3) is 22.2 Å². The second-order valence-electron chi connectivity index (χ2n) is 7.34. The van der Waals surface area contributed by atoms with Crippen molar-refractivity contribution in [3.63, 3.8) is 0 Å². The van der Waals surface area contributed by atoms with E-state index in [1.54, 1.807) is 35.0 Å². The van der Waals surface area contributed by atoms with Gasteiger partial charge in [-0.15, -0.1) is 0 Å². The highest BCUT2D eigenvalue weighted by Gasteiger charge is 2.14. The van der Waals surface area contributed by atoms with Gasteiger partial charge < -0.3 is 0 Å². The van der Waals surface area contributed by atoms with E-state index >= 15 is 0 Å². The molecule has 0 aliphatic carbocycles. The molecule has 0 N–H and O–H groups in total. The van der Waals surface area contributed by atoms with Crippen LogP contribution >= 0.6 is 23.4 Å². The summed E-state index contributed by atoms with van der Waals surface area (Å²) in [6.07, 6.45) is 1.77. The van der Waals surface area contributed by atoms with Crippen molar-refractivity contribution in [1.29, 1.82) is 0 Å². The second-order valence-corrected chi connectivity index (χ2v) is 8.72. The van der Waals surface area contributed by atoms with Gasteiger partial charge in [0.15, 0.2) is 5.16 Å². The molecule has 2 aromatic carbocycles. The molecule has 5 rings (SSSR count). The van der Waals surface area contributed by atoms with Crippen molar-refractivity contribution >= 4 is 39.9 Å². The van der Waals surface area contributed by atoms with E-state index in [4.69, 9.17) is 16.6 Å². The summed E-state index contributed by atoms with van der Waals surface area (Å²) in [6, 6.07) is 19.6. The van der Waals surface area contributed by atoms with Crippen molar-refractivity contribution in [2.24, 2.45) is 0 Å². The molecule has 0 unspecified atom stereocenters. The summed E-state index contributed by atoms with van der Waals surface area (Å²) in [4.78, 5) is 35.2. The summed E-state index contributed by atoms with van der Waals surface area (Å²) < 4.78 is 3.08. The summed E-state index contributed by atoms with van der Waals surface area (Å²) in [5.41, 5.74) is 3.09. The van der Waals surface area contributed by atoms with Crippen LogP contribution < -0.4 is 11.1 Å². The highest BCUT2D eigenvalue weighted by molar-refractivity contribution is 7.98. The zero-order chi connectivity index (χ0) is 22.2. The fraction of sp³-hybridized carbons (Fsp3) is 0.0833. The topological polar surface area (TPSA) is 69.3 Å². The van der Waals surface area contributed by atoms with E-state index in [-0.39, 0.29) is 11.1 Å². The van der Waals surface area contributed by atoms with Crippen molar-refractivity contribution in [3.8, 4) is 5.69 Å². The average Bonchev–Trinajstić information content (AvgIpc) is 2.78. The maximum absolute atomic E-state index is 13.3. The molecule has 3 aromatic heterocycles. The molecule has 5 aromatic rings. The highest BCUT2D eigenvalue weighted by atomic mass is 35.5. The van der Waals surface area contributed by atoms with Gasteiger partial charge in [-0.2, -0.15) is 0 Å². The van der Waals surface area contributed by atoms with Crippen LogP contribution in [0.3, 0.4) is 0 Å². The minimum atomic E-state index is -0.178. The minimum Gasteiger partial charge on any atom is -0.269 e. The highest BCUT2D eigenvalue weighted by Crippen LogP contribution is 2.25. The Kier molecular flexibility index (Phi) is 5.28. The van der Waals surface area contributed by atoms with Crippen LogP contribution in [0, 0.1) is 6.92 Å². The molecule has 158 valence electrons. The van der Waals surface area contributed by atoms with Gasteiger partial charge in [-0.25, -0.2) is 9.97 Å². The number of para-hydroxylation sites is 1. The Balaban J connectivity index is 1.60. The standard InChI is InChI=1S/C24H17ClN4O2S/c1-15-9-10-21-26-17(12-22(30)28(21)13-15)14-32-24-27-20-8-3-2-7-19(20)23(31)29(24)18-6-4-5-16(25)11-18/h2-13H,14H2,1H3. The lowest BCUT2D eigenvalue weighted by molar-refractivity contribution is 0.819. The van der Waals surface area contributed by atoms with Gasteiger partial charge in [0.1, 0.15) is 5.65 Å². The first kappa shape index (κ1) is 20.5. The molecule has 0 bridgehead atoms. The number of nitrogens with zero attached hydrogens (tertiary/aromatic N) is 4. The third-order valence-corrected chi connectivity index (χ3v) is 6.23. The number of benzene rings is 2. The molecular weight excluding hydrogens is 444 g/mol. The number of hydrogen-bond acceptors (Lipinski definition) is 5. The molecule has 0 atom stereocenters. The number of pyridine rings is 1. The number of hydrogen-bond donors (Lipinski definition) is 0. The maximum atomic E-state index is 13.3. The minimum absolute atomic E-state index is 0.145. The van der Waals surface area contributed by atoms with E-state index in [1.165, 1.54) is 22.2 Å². The van der Waals surface area contributed by atoms with Crippen LogP contribution in [0.4, 0.5) is 0 Å². The lowest BCUT2D eigenvalue weighted by Crippen LogP contribution is -2.22. The van der Waals surface area contributed by atoms with Crippen LogP contribution in [-0.2, 0) is 5.75 Å². The monoisotopic (exact) mass is 460 g/mol. The normalized spacial score (nSPS) is 11.3. The molecule has 32 heavy (non-hydrogen) atoms. The number of halogens is 1. The first-order valence-corrected chi connectivity index (χ1v) is 11.3. The van der Waals surface area contributed by atoms with Crippen LogP contribution in [0.15, 0.2) is 87.7 Å². The Bertz CT molecular complexity index is 1610. The summed E-state index contributed by atoms with van der Waals surface area (Å²) in [5, 5.41) is 1.55. The molecule has 6 nitrogen and oxygen atoms in total. The summed E-state index contributed by atoms with van der Waals surface area (Å²) >= 11 is 7.53. The molecule has 0 amide bonds. The van der Waals surface area contributed by atoms with Gasteiger partial charge in [0, 0.05) is 23.0 Å². The van der Waals surface area contributed by atoms with E-state index in [0.29, 0.717) is 43.9 Å². The quantitative estimate of drug-likeness (QED) is 0.288. The molecular formula is C24H17ClN4O2S. The van der Waals surface area contributed by atoms with E-state index in [9.17, 15) is 9.59 Å². The van der Waals surface area contributed by atoms with Crippen LogP contribution in [0.2, 0.25) is 5.02 Å². The zero-order valence-corrected chi connectivity index (χ0v) is 18.6. The van der Waals surface area contributed by atoms with Gasteiger partial charge >= 0.3 is 0 Å². The van der Waals surface area contributed by atoms with Gasteiger partial charge in [-0.3, -0.25) is 18.6 Å². The smallest absolute Gasteiger partial charge is 0.266 e. The molecule has 8 heteroatoms. The zero-order valence-electron chi connectivity index (χ0n) is 17.0. The first-order valence-electron chi connectivity index (χ1n) is 9.89. The molecule has 0 saturated heterocycles. The Labute approximate surface area is 192 Å². The van der Waals surface area contributed by atoms with Gasteiger partial charge in [0.05, 0.1) is 22.3 Å². The molecule has 0 radical (unpaired) electrons. The van der Waals surface area contributed by atoms with Crippen molar-refractivity contribution in [2.75, 3.05) is 0 Å². The Morgan fingerprint density at radius 2 is 1.81 bits per heavy atom. The predicted octanol–water partition coefficient (Wildman–Crippen LogP) is 4.65. The van der Waals surface area contributed by atoms with Gasteiger partial charge in [0.2, 0.25) is 0 Å². The van der Waals surface area contributed by atoms with Gasteiger partial charge in [-0.05, 0) is 48.9 Å². The van der Waals surface area contributed by atoms with Crippen molar-refractivity contribution < 1.29 is 0 Å². The van der Waals surface area contributed by atoms with Crippen LogP contribution in [-0.4, -0.2) is 18.9 Å². The number of thioether (sulfide) groups is 1. The molecule has 0 saturated carbocycles. The summed E-state index contributed by atoms with van der Waals surface area (Å²) in [6.45, 7) is 1.93. The van der Waals surface area contributed by atoms with E-state index in [0.717, 1.165) is 5.56 Å². The Morgan fingerprint density at radius 3 is 2.66 bits per heavy atom. The van der Waals surface area contributed by atoms with Gasteiger partial charge in [0.25, 0.3) is 11.1 Å². The lowest BCUT2D eigenvalue weighted by Gasteiger charge is -2.13. The van der Waals surface area contributed by atoms with E-state index in [2.05, 4.69) is 4.98 Å². The first-order chi connectivity index (χ1) is 15.5. The lowest BCUT2D eigenvalue weighted by atomic mass is 10.2. The van der Waals surface area contributed by atoms with Crippen LogP contribution in [0.1, 0.15) is 11.3 Å². The molecule has 0 spiro atoms. The second kappa shape index (κ2) is 8.26. The predicted molar refractivity (Wildman–Crippen MR) is 128 cm³/mol. The number of aryl methyl sites for hydroxylation is 1. The largest absolute Gasteiger partial charge is 0.269 e. The Hall–Kier alpha value is -3.42. The summed E-state index contributed by atoms with van der Waals surface area (Å²) in [5.74, 6) is 0.380. The molecule has 3 heterocycles. The molecule has 0 aliphatic rings. The maximum Gasteiger partial charge on any atom is 0.266 e. The van der Waals surface area contributed by atoms with E-state index < -0.39 is 0 Å². The average molecular weight is 461 g/mol. The molecule has 0 aliphatic heterocycles.